The number of amides is 2. The van der Waals surface area contributed by atoms with Gasteiger partial charge < -0.3 is 29.9 Å². The second-order valence-electron chi connectivity index (χ2n) is 10.3. The van der Waals surface area contributed by atoms with Gasteiger partial charge in [0.15, 0.2) is 0 Å². The molecule has 0 aromatic heterocycles. The SMILES string of the molecule is CCC(CC)(CC(=O)N1CCN(c2ccc(NC(=O)C3(c4ccccc4)NC=C(C(F)(F)F)O3)cc2)CC1)C(=O)OC. The molecule has 2 aliphatic rings. The summed E-state index contributed by atoms with van der Waals surface area (Å²) in [7, 11) is 1.34. The highest BCUT2D eigenvalue weighted by Crippen LogP contribution is 2.39. The van der Waals surface area contributed by atoms with Crippen LogP contribution in [0.3, 0.4) is 0 Å². The summed E-state index contributed by atoms with van der Waals surface area (Å²) in [5.74, 6) is -2.56. The third-order valence-electron chi connectivity index (χ3n) is 8.03. The molecule has 2 amide bonds. The molecule has 1 saturated heterocycles. The third kappa shape index (κ3) is 6.17. The van der Waals surface area contributed by atoms with Crippen LogP contribution in [0.25, 0.3) is 0 Å². The zero-order valence-corrected chi connectivity index (χ0v) is 23.8. The first-order valence-corrected chi connectivity index (χ1v) is 13.8. The van der Waals surface area contributed by atoms with Gasteiger partial charge in [-0.25, -0.2) is 0 Å². The van der Waals surface area contributed by atoms with Crippen LogP contribution < -0.4 is 15.5 Å². The minimum Gasteiger partial charge on any atom is -0.469 e. The third-order valence-corrected chi connectivity index (χ3v) is 8.03. The van der Waals surface area contributed by atoms with E-state index >= 15 is 0 Å². The number of nitrogens with one attached hydrogen (secondary N) is 2. The van der Waals surface area contributed by atoms with Gasteiger partial charge in [0.2, 0.25) is 11.7 Å². The summed E-state index contributed by atoms with van der Waals surface area (Å²) in [5.41, 5.74) is -1.47. The van der Waals surface area contributed by atoms with Crippen LogP contribution in [0.2, 0.25) is 0 Å². The van der Waals surface area contributed by atoms with Crippen LogP contribution in [0, 0.1) is 5.41 Å². The van der Waals surface area contributed by atoms with E-state index in [1.807, 2.05) is 13.8 Å². The molecule has 2 N–H and O–H groups in total. The van der Waals surface area contributed by atoms with Crippen molar-refractivity contribution in [2.45, 2.75) is 45.0 Å². The summed E-state index contributed by atoms with van der Waals surface area (Å²) >= 11 is 0. The number of piperazine rings is 1. The first kappa shape index (κ1) is 30.7. The number of carbonyl (C=O) groups is 3. The van der Waals surface area contributed by atoms with E-state index in [1.165, 1.54) is 19.2 Å². The molecule has 1 atom stereocenters. The van der Waals surface area contributed by atoms with Gasteiger partial charge in [-0.1, -0.05) is 44.2 Å². The van der Waals surface area contributed by atoms with Crippen LogP contribution in [0.1, 0.15) is 38.7 Å². The van der Waals surface area contributed by atoms with E-state index in [2.05, 4.69) is 15.5 Å². The standard InChI is InChI=1S/C30H35F3N4O5/c1-4-28(5-2,27(40)41-3)19-25(38)37-17-15-36(16-18-37)23-13-11-22(12-14-23)35-26(39)29(21-9-7-6-8-10-21)34-20-24(42-29)30(31,32)33/h6-14,20,34H,4-5,15-19H2,1-3H3,(H,35,39). The number of benzene rings is 2. The lowest BCUT2D eigenvalue weighted by Gasteiger charge is -2.38. The Labute approximate surface area is 242 Å². The fraction of sp³-hybridized carbons (Fsp3) is 0.433. The van der Waals surface area contributed by atoms with Crippen LogP contribution in [0.15, 0.2) is 66.6 Å². The fourth-order valence-corrected chi connectivity index (χ4v) is 5.26. The van der Waals surface area contributed by atoms with E-state index in [0.717, 1.165) is 5.69 Å². The highest BCUT2D eigenvalue weighted by Gasteiger charge is 2.52. The van der Waals surface area contributed by atoms with E-state index < -0.39 is 29.0 Å². The molecular formula is C30H35F3N4O5. The number of methoxy groups -OCH3 is 1. The van der Waals surface area contributed by atoms with Crippen LogP contribution in [0.5, 0.6) is 0 Å². The molecule has 2 aromatic carbocycles. The Kier molecular flexibility index (Phi) is 9.03. The van der Waals surface area contributed by atoms with Gasteiger partial charge in [0.05, 0.1) is 12.5 Å². The van der Waals surface area contributed by atoms with E-state index in [1.54, 1.807) is 47.4 Å². The molecule has 0 spiro atoms. The van der Waals surface area contributed by atoms with Crippen molar-refractivity contribution in [3.8, 4) is 0 Å². The minimum atomic E-state index is -4.77. The second kappa shape index (κ2) is 12.3. The number of anilines is 2. The zero-order valence-electron chi connectivity index (χ0n) is 23.8. The molecule has 0 saturated carbocycles. The van der Waals surface area contributed by atoms with Crippen LogP contribution in [-0.4, -0.2) is 62.1 Å². The van der Waals surface area contributed by atoms with Gasteiger partial charge >= 0.3 is 12.1 Å². The first-order chi connectivity index (χ1) is 20.0. The molecule has 1 unspecified atom stereocenters. The second-order valence-corrected chi connectivity index (χ2v) is 10.3. The van der Waals surface area contributed by atoms with E-state index in [-0.39, 0.29) is 23.9 Å². The summed E-state index contributed by atoms with van der Waals surface area (Å²) in [5, 5.41) is 5.15. The highest BCUT2D eigenvalue weighted by molar-refractivity contribution is 5.98. The Morgan fingerprint density at radius 2 is 1.60 bits per heavy atom. The lowest BCUT2D eigenvalue weighted by atomic mass is 9.78. The summed E-state index contributed by atoms with van der Waals surface area (Å²) in [4.78, 5) is 42.6. The maximum atomic E-state index is 13.3. The van der Waals surface area contributed by atoms with Gasteiger partial charge in [0, 0.05) is 55.7 Å². The largest absolute Gasteiger partial charge is 0.469 e. The smallest absolute Gasteiger partial charge is 0.450 e. The van der Waals surface area contributed by atoms with E-state index in [0.29, 0.717) is 50.9 Å². The maximum Gasteiger partial charge on any atom is 0.450 e. The predicted octanol–water partition coefficient (Wildman–Crippen LogP) is 4.52. The van der Waals surface area contributed by atoms with Crippen LogP contribution >= 0.6 is 0 Å². The average molecular weight is 589 g/mol. The van der Waals surface area contributed by atoms with E-state index in [9.17, 15) is 27.6 Å². The van der Waals surface area contributed by atoms with E-state index in [4.69, 9.17) is 9.47 Å². The van der Waals surface area contributed by atoms with Crippen molar-refractivity contribution in [1.29, 1.82) is 0 Å². The molecule has 9 nitrogen and oxygen atoms in total. The number of alkyl halides is 3. The summed E-state index contributed by atoms with van der Waals surface area (Å²) in [6.07, 6.45) is -2.99. The van der Waals surface area contributed by atoms with Gasteiger partial charge in [-0.3, -0.25) is 14.4 Å². The van der Waals surface area contributed by atoms with Crippen LogP contribution in [-0.2, 0) is 29.6 Å². The number of rotatable bonds is 9. The molecule has 2 aromatic rings. The number of allylic oxidation sites excluding steroid dienone is 1. The Hall–Kier alpha value is -4.22. The number of esters is 1. The van der Waals surface area contributed by atoms with Crippen molar-refractivity contribution in [2.24, 2.45) is 5.41 Å². The topological polar surface area (TPSA) is 100 Å². The van der Waals surface area contributed by atoms with Crippen molar-refractivity contribution < 1.29 is 37.0 Å². The monoisotopic (exact) mass is 588 g/mol. The van der Waals surface area contributed by atoms with Crippen molar-refractivity contribution in [3.05, 3.63) is 72.1 Å². The predicted molar refractivity (Wildman–Crippen MR) is 150 cm³/mol. The first-order valence-electron chi connectivity index (χ1n) is 13.8. The molecule has 42 heavy (non-hydrogen) atoms. The Morgan fingerprint density at radius 3 is 2.12 bits per heavy atom. The Bertz CT molecular complexity index is 1300. The number of carbonyl (C=O) groups excluding carboxylic acids is 3. The van der Waals surface area contributed by atoms with Gasteiger partial charge in [-0.05, 0) is 37.1 Å². The maximum absolute atomic E-state index is 13.3. The van der Waals surface area contributed by atoms with Gasteiger partial charge in [-0.15, -0.1) is 0 Å². The molecular weight excluding hydrogens is 553 g/mol. The summed E-state index contributed by atoms with van der Waals surface area (Å²) in [6, 6.07) is 14.8. The van der Waals surface area contributed by atoms with Crippen molar-refractivity contribution in [1.82, 2.24) is 10.2 Å². The molecule has 0 bridgehead atoms. The quantitative estimate of drug-likeness (QED) is 0.416. The van der Waals surface area contributed by atoms with Gasteiger partial charge in [-0.2, -0.15) is 13.2 Å². The number of halogens is 3. The Balaban J connectivity index is 1.38. The number of nitrogens with zero attached hydrogens (tertiary/aromatic N) is 2. The van der Waals surface area contributed by atoms with Crippen molar-refractivity contribution in [2.75, 3.05) is 43.5 Å². The minimum absolute atomic E-state index is 0.0833. The molecule has 0 radical (unpaired) electrons. The summed E-state index contributed by atoms with van der Waals surface area (Å²) in [6.45, 7) is 5.88. The number of ether oxygens (including phenoxy) is 2. The molecule has 12 heteroatoms. The molecule has 4 rings (SSSR count). The number of hydrogen-bond acceptors (Lipinski definition) is 7. The highest BCUT2D eigenvalue weighted by atomic mass is 19.4. The Morgan fingerprint density at radius 1 is 0.976 bits per heavy atom. The van der Waals surface area contributed by atoms with Gasteiger partial charge in [0.1, 0.15) is 0 Å². The molecule has 0 aliphatic carbocycles. The number of hydrogen-bond donors (Lipinski definition) is 2. The molecule has 2 heterocycles. The van der Waals surface area contributed by atoms with Crippen LogP contribution in [0.4, 0.5) is 24.5 Å². The lowest BCUT2D eigenvalue weighted by molar-refractivity contribution is -0.163. The molecule has 226 valence electrons. The van der Waals surface area contributed by atoms with Gasteiger partial charge in [0.25, 0.3) is 11.6 Å². The van der Waals surface area contributed by atoms with Crippen molar-refractivity contribution >= 4 is 29.2 Å². The fourth-order valence-electron chi connectivity index (χ4n) is 5.26. The lowest BCUT2D eigenvalue weighted by Crippen LogP contribution is -2.50. The molecule has 1 fully saturated rings. The average Bonchev–Trinajstić information content (AvgIpc) is 3.48. The van der Waals surface area contributed by atoms with Crippen molar-refractivity contribution in [3.63, 3.8) is 0 Å². The molecule has 2 aliphatic heterocycles. The normalized spacial score (nSPS) is 19.0. The zero-order chi connectivity index (χ0) is 30.5. The summed E-state index contributed by atoms with van der Waals surface area (Å²) < 4.78 is 50.2.